The molecule has 3 rings (SSSR count). The molecule has 0 aromatic heterocycles. The molecule has 0 aliphatic carbocycles. The molecule has 0 spiro atoms. The number of hydrogen-bond acceptors (Lipinski definition) is 3. The van der Waals surface area contributed by atoms with Gasteiger partial charge >= 0.3 is 0 Å². The maximum Gasteiger partial charge on any atom is 0.194 e. The summed E-state index contributed by atoms with van der Waals surface area (Å²) < 4.78 is 0. The Morgan fingerprint density at radius 3 is 2.54 bits per heavy atom. The number of aliphatic imine (C=N–C) groups is 1. The summed E-state index contributed by atoms with van der Waals surface area (Å²) >= 11 is 0. The van der Waals surface area contributed by atoms with Crippen molar-refractivity contribution >= 4 is 12.0 Å². The average molecular weight is 384 g/mol. The lowest BCUT2D eigenvalue weighted by Crippen LogP contribution is -2.52. The Balaban J connectivity index is 1.44. The van der Waals surface area contributed by atoms with E-state index in [1.165, 1.54) is 31.6 Å². The highest BCUT2D eigenvalue weighted by Crippen LogP contribution is 2.16. The summed E-state index contributed by atoms with van der Waals surface area (Å²) in [5.41, 5.74) is 1.27. The number of rotatable bonds is 7. The molecule has 2 fully saturated rings. The highest BCUT2D eigenvalue weighted by molar-refractivity contribution is 5.80. The highest BCUT2D eigenvalue weighted by atomic mass is 15.3. The first-order valence-electron chi connectivity index (χ1n) is 11.0. The fourth-order valence-corrected chi connectivity index (χ4v) is 4.03. The van der Waals surface area contributed by atoms with Crippen LogP contribution in [0.1, 0.15) is 25.8 Å². The van der Waals surface area contributed by atoms with E-state index in [1.54, 1.807) is 0 Å². The lowest BCUT2D eigenvalue weighted by atomic mass is 10.1. The van der Waals surface area contributed by atoms with E-state index < -0.39 is 0 Å². The molecule has 2 aliphatic heterocycles. The van der Waals surface area contributed by atoms with E-state index in [0.717, 1.165) is 57.7 Å². The molecule has 0 saturated carbocycles. The molecule has 154 valence electrons. The SMILES string of the molecule is CCNC(=NCC1CCN(CC)C1)N1CCN(C/C=C/c2ccccc2)CC1. The first-order chi connectivity index (χ1) is 13.8. The topological polar surface area (TPSA) is 34.1 Å². The van der Waals surface area contributed by atoms with Crippen molar-refractivity contribution < 1.29 is 0 Å². The van der Waals surface area contributed by atoms with Gasteiger partial charge in [0.2, 0.25) is 0 Å². The Kier molecular flexibility index (Phi) is 8.37. The minimum absolute atomic E-state index is 0.720. The molecular weight excluding hydrogens is 346 g/mol. The van der Waals surface area contributed by atoms with Crippen molar-refractivity contribution in [2.24, 2.45) is 10.9 Å². The van der Waals surface area contributed by atoms with Gasteiger partial charge in [0.25, 0.3) is 0 Å². The van der Waals surface area contributed by atoms with Crippen molar-refractivity contribution in [1.82, 2.24) is 20.0 Å². The average Bonchev–Trinajstić information content (AvgIpc) is 3.21. The van der Waals surface area contributed by atoms with Crippen LogP contribution in [0.3, 0.4) is 0 Å². The first-order valence-corrected chi connectivity index (χ1v) is 11.0. The minimum atomic E-state index is 0.720. The summed E-state index contributed by atoms with van der Waals surface area (Å²) in [6.07, 6.45) is 5.79. The molecule has 1 unspecified atom stereocenters. The zero-order valence-corrected chi connectivity index (χ0v) is 17.7. The second-order valence-electron chi connectivity index (χ2n) is 7.84. The summed E-state index contributed by atoms with van der Waals surface area (Å²) in [5.74, 6) is 1.83. The van der Waals surface area contributed by atoms with Crippen LogP contribution in [0.5, 0.6) is 0 Å². The Morgan fingerprint density at radius 1 is 1.07 bits per heavy atom. The van der Waals surface area contributed by atoms with Gasteiger partial charge in [0.05, 0.1) is 0 Å². The van der Waals surface area contributed by atoms with Crippen molar-refractivity contribution in [3.8, 4) is 0 Å². The summed E-state index contributed by atoms with van der Waals surface area (Å²) in [6, 6.07) is 10.5. The molecule has 2 heterocycles. The molecule has 1 atom stereocenters. The van der Waals surface area contributed by atoms with Crippen molar-refractivity contribution in [2.75, 3.05) is 65.4 Å². The molecular formula is C23H37N5. The zero-order valence-electron chi connectivity index (χ0n) is 17.7. The smallest absolute Gasteiger partial charge is 0.194 e. The van der Waals surface area contributed by atoms with Crippen LogP contribution >= 0.6 is 0 Å². The minimum Gasteiger partial charge on any atom is -0.357 e. The van der Waals surface area contributed by atoms with Crippen LogP contribution in [0, 0.1) is 5.92 Å². The quantitative estimate of drug-likeness (QED) is 0.580. The molecule has 2 aliphatic rings. The van der Waals surface area contributed by atoms with Crippen molar-refractivity contribution in [2.45, 2.75) is 20.3 Å². The number of hydrogen-bond donors (Lipinski definition) is 1. The molecule has 0 amide bonds. The summed E-state index contributed by atoms with van der Waals surface area (Å²) in [5, 5.41) is 3.51. The van der Waals surface area contributed by atoms with E-state index in [0.29, 0.717) is 0 Å². The molecule has 5 heteroatoms. The Morgan fingerprint density at radius 2 is 1.86 bits per heavy atom. The molecule has 0 bridgehead atoms. The number of nitrogens with one attached hydrogen (secondary N) is 1. The maximum absolute atomic E-state index is 4.99. The Labute approximate surface area is 171 Å². The molecule has 5 nitrogen and oxygen atoms in total. The van der Waals surface area contributed by atoms with Crippen LogP contribution in [0.4, 0.5) is 0 Å². The number of piperazine rings is 1. The summed E-state index contributed by atoms with van der Waals surface area (Å²) in [4.78, 5) is 12.5. The predicted molar refractivity (Wildman–Crippen MR) is 120 cm³/mol. The van der Waals surface area contributed by atoms with Crippen molar-refractivity contribution in [3.05, 3.63) is 42.0 Å². The third kappa shape index (κ3) is 6.35. The van der Waals surface area contributed by atoms with Gasteiger partial charge in [0, 0.05) is 52.4 Å². The van der Waals surface area contributed by atoms with Gasteiger partial charge in [-0.3, -0.25) is 9.89 Å². The first kappa shape index (κ1) is 20.9. The van der Waals surface area contributed by atoms with E-state index in [2.05, 4.69) is 76.3 Å². The lowest BCUT2D eigenvalue weighted by molar-refractivity contribution is 0.194. The van der Waals surface area contributed by atoms with Crippen LogP contribution in [0.25, 0.3) is 6.08 Å². The second-order valence-corrected chi connectivity index (χ2v) is 7.84. The van der Waals surface area contributed by atoms with E-state index in [9.17, 15) is 0 Å². The molecule has 28 heavy (non-hydrogen) atoms. The van der Waals surface area contributed by atoms with E-state index in [1.807, 2.05) is 0 Å². The van der Waals surface area contributed by atoms with E-state index in [-0.39, 0.29) is 0 Å². The van der Waals surface area contributed by atoms with Gasteiger partial charge in [-0.25, -0.2) is 0 Å². The van der Waals surface area contributed by atoms with E-state index >= 15 is 0 Å². The molecule has 1 aromatic rings. The van der Waals surface area contributed by atoms with Crippen molar-refractivity contribution in [1.29, 1.82) is 0 Å². The van der Waals surface area contributed by atoms with Crippen LogP contribution < -0.4 is 5.32 Å². The molecule has 1 aromatic carbocycles. The number of guanidine groups is 1. The third-order valence-electron chi connectivity index (χ3n) is 5.80. The number of benzene rings is 1. The van der Waals surface area contributed by atoms with Gasteiger partial charge in [-0.15, -0.1) is 0 Å². The van der Waals surface area contributed by atoms with Crippen LogP contribution in [0.15, 0.2) is 41.4 Å². The monoisotopic (exact) mass is 383 g/mol. The zero-order chi connectivity index (χ0) is 19.6. The summed E-state index contributed by atoms with van der Waals surface area (Å²) in [6.45, 7) is 15.2. The predicted octanol–water partition coefficient (Wildman–Crippen LogP) is 2.62. The summed E-state index contributed by atoms with van der Waals surface area (Å²) in [7, 11) is 0. The van der Waals surface area contributed by atoms with Gasteiger partial charge in [-0.1, -0.05) is 49.4 Å². The van der Waals surface area contributed by atoms with Gasteiger partial charge < -0.3 is 15.1 Å². The van der Waals surface area contributed by atoms with Gasteiger partial charge in [-0.2, -0.15) is 0 Å². The van der Waals surface area contributed by atoms with Gasteiger partial charge in [0.1, 0.15) is 0 Å². The van der Waals surface area contributed by atoms with Crippen LogP contribution in [-0.2, 0) is 0 Å². The normalized spacial score (nSPS) is 22.3. The molecule has 0 radical (unpaired) electrons. The maximum atomic E-state index is 4.99. The molecule has 2 saturated heterocycles. The fraction of sp³-hybridized carbons (Fsp3) is 0.609. The Bertz CT molecular complexity index is 619. The van der Waals surface area contributed by atoms with Gasteiger partial charge in [0.15, 0.2) is 5.96 Å². The molecule has 1 N–H and O–H groups in total. The van der Waals surface area contributed by atoms with E-state index in [4.69, 9.17) is 4.99 Å². The second kappa shape index (κ2) is 11.2. The lowest BCUT2D eigenvalue weighted by Gasteiger charge is -2.36. The fourth-order valence-electron chi connectivity index (χ4n) is 4.03. The standard InChI is InChI=1S/C23H37N5/c1-3-24-23(25-19-22-12-14-26(4-2)20-22)28-17-15-27(16-18-28)13-8-11-21-9-6-5-7-10-21/h5-11,22H,3-4,12-20H2,1-2H3,(H,24,25)/b11-8+. The van der Waals surface area contributed by atoms with Crippen LogP contribution in [-0.4, -0.2) is 86.1 Å². The Hall–Kier alpha value is -1.85. The third-order valence-corrected chi connectivity index (χ3v) is 5.80. The number of nitrogens with zero attached hydrogens (tertiary/aromatic N) is 4. The van der Waals surface area contributed by atoms with Crippen molar-refractivity contribution in [3.63, 3.8) is 0 Å². The largest absolute Gasteiger partial charge is 0.357 e. The number of likely N-dealkylation sites (tertiary alicyclic amines) is 1. The van der Waals surface area contributed by atoms with Gasteiger partial charge in [-0.05, 0) is 37.9 Å². The van der Waals surface area contributed by atoms with Crippen LogP contribution in [0.2, 0.25) is 0 Å². The highest BCUT2D eigenvalue weighted by Gasteiger charge is 2.22.